The van der Waals surface area contributed by atoms with Crippen LogP contribution < -0.4 is 11.1 Å². The maximum Gasteiger partial charge on any atom is 0.253 e. The second kappa shape index (κ2) is 6.54. The Morgan fingerprint density at radius 3 is 2.94 bits per heavy atom. The summed E-state index contributed by atoms with van der Waals surface area (Å²) in [6.45, 7) is 0.510. The minimum atomic E-state index is -0.475. The second-order valence-electron chi connectivity index (χ2n) is 3.65. The molecule has 0 aliphatic carbocycles. The molecule has 0 saturated heterocycles. The number of rotatable bonds is 5. The lowest BCUT2D eigenvalue weighted by Gasteiger charge is -2.07. The van der Waals surface area contributed by atoms with Gasteiger partial charge in [0.25, 0.3) is 5.91 Å². The van der Waals surface area contributed by atoms with E-state index in [0.717, 1.165) is 18.9 Å². The van der Waals surface area contributed by atoms with Crippen molar-refractivity contribution in [2.75, 3.05) is 12.3 Å². The predicted molar refractivity (Wildman–Crippen MR) is 65.8 cm³/mol. The van der Waals surface area contributed by atoms with Crippen LogP contribution in [0.4, 0.5) is 10.1 Å². The summed E-state index contributed by atoms with van der Waals surface area (Å²) in [7, 11) is 0. The molecule has 0 fully saturated rings. The Hall–Kier alpha value is -2.02. The number of unbranched alkanes of at least 4 members (excludes halogenated alkanes) is 2. The molecule has 0 spiro atoms. The number of carbonyl (C=O) groups excluding carboxylic acids is 1. The molecule has 90 valence electrons. The van der Waals surface area contributed by atoms with Crippen molar-refractivity contribution in [3.63, 3.8) is 0 Å². The highest BCUT2D eigenvalue weighted by Crippen LogP contribution is 2.12. The van der Waals surface area contributed by atoms with Crippen molar-refractivity contribution in [3.8, 4) is 12.3 Å². The van der Waals surface area contributed by atoms with Crippen LogP contribution in [0.3, 0.4) is 0 Å². The summed E-state index contributed by atoms with van der Waals surface area (Å²) < 4.78 is 12.9. The Balaban J connectivity index is 2.47. The molecule has 0 aliphatic heterocycles. The number of nitrogens with one attached hydrogen (secondary N) is 1. The average molecular weight is 234 g/mol. The first kappa shape index (κ1) is 13.0. The zero-order chi connectivity index (χ0) is 12.7. The van der Waals surface area contributed by atoms with E-state index in [1.54, 1.807) is 0 Å². The number of nitrogen functional groups attached to an aromatic ring is 1. The monoisotopic (exact) mass is 234 g/mol. The smallest absolute Gasteiger partial charge is 0.253 e. The lowest BCUT2D eigenvalue weighted by Crippen LogP contribution is -2.25. The van der Waals surface area contributed by atoms with E-state index in [1.807, 2.05) is 0 Å². The van der Waals surface area contributed by atoms with Crippen LogP contribution in [0.15, 0.2) is 18.2 Å². The van der Waals surface area contributed by atoms with Crippen LogP contribution in [0.1, 0.15) is 29.6 Å². The fraction of sp³-hybridized carbons (Fsp3) is 0.308. The highest BCUT2D eigenvalue weighted by Gasteiger charge is 2.09. The van der Waals surface area contributed by atoms with E-state index in [-0.39, 0.29) is 17.2 Å². The Bertz CT molecular complexity index is 438. The Labute approximate surface area is 100 Å². The molecule has 0 aliphatic rings. The van der Waals surface area contributed by atoms with Crippen LogP contribution >= 0.6 is 0 Å². The predicted octanol–water partition coefficient (Wildman–Crippen LogP) is 1.94. The third kappa shape index (κ3) is 4.15. The van der Waals surface area contributed by atoms with Gasteiger partial charge in [-0.05, 0) is 31.0 Å². The van der Waals surface area contributed by atoms with E-state index in [4.69, 9.17) is 12.2 Å². The summed E-state index contributed by atoms with van der Waals surface area (Å²) in [6, 6.07) is 3.73. The van der Waals surface area contributed by atoms with Crippen LogP contribution in [0, 0.1) is 18.2 Å². The average Bonchev–Trinajstić information content (AvgIpc) is 2.32. The number of nitrogens with two attached hydrogens (primary N) is 1. The SMILES string of the molecule is C#CCCCCNC(=O)c1cc(F)ccc1N. The van der Waals surface area contributed by atoms with Crippen LogP contribution in [-0.4, -0.2) is 12.5 Å². The van der Waals surface area contributed by atoms with Gasteiger partial charge in [0, 0.05) is 18.7 Å². The highest BCUT2D eigenvalue weighted by atomic mass is 19.1. The molecule has 17 heavy (non-hydrogen) atoms. The number of carbonyl (C=O) groups is 1. The Morgan fingerprint density at radius 1 is 1.47 bits per heavy atom. The molecule has 3 nitrogen and oxygen atoms in total. The van der Waals surface area contributed by atoms with E-state index in [1.165, 1.54) is 12.1 Å². The zero-order valence-electron chi connectivity index (χ0n) is 9.50. The molecular formula is C13H15FN2O. The van der Waals surface area contributed by atoms with Gasteiger partial charge in [-0.1, -0.05) is 0 Å². The van der Waals surface area contributed by atoms with E-state index in [9.17, 15) is 9.18 Å². The summed E-state index contributed by atoms with van der Waals surface area (Å²) in [4.78, 5) is 11.7. The van der Waals surface area contributed by atoms with Crippen LogP contribution in [-0.2, 0) is 0 Å². The molecule has 0 unspecified atom stereocenters. The lowest BCUT2D eigenvalue weighted by atomic mass is 10.1. The summed E-state index contributed by atoms with van der Waals surface area (Å²) in [5, 5.41) is 2.67. The van der Waals surface area contributed by atoms with E-state index in [2.05, 4.69) is 11.2 Å². The first-order valence-electron chi connectivity index (χ1n) is 5.42. The van der Waals surface area contributed by atoms with E-state index < -0.39 is 5.82 Å². The molecular weight excluding hydrogens is 219 g/mol. The number of terminal acetylenes is 1. The number of amides is 1. The summed E-state index contributed by atoms with van der Waals surface area (Å²) in [5.74, 6) is 1.69. The molecule has 3 N–H and O–H groups in total. The highest BCUT2D eigenvalue weighted by molar-refractivity contribution is 5.99. The molecule has 4 heteroatoms. The number of benzene rings is 1. The minimum absolute atomic E-state index is 0.168. The van der Waals surface area contributed by atoms with Gasteiger partial charge < -0.3 is 11.1 Å². The maximum absolute atomic E-state index is 12.9. The van der Waals surface area contributed by atoms with Crippen molar-refractivity contribution in [2.24, 2.45) is 0 Å². The van der Waals surface area contributed by atoms with Crippen molar-refractivity contribution in [2.45, 2.75) is 19.3 Å². The standard InChI is InChI=1S/C13H15FN2O/c1-2-3-4-5-8-16-13(17)11-9-10(14)6-7-12(11)15/h1,6-7,9H,3-5,8,15H2,(H,16,17). The van der Waals surface area contributed by atoms with Crippen molar-refractivity contribution >= 4 is 11.6 Å². The topological polar surface area (TPSA) is 55.1 Å². The third-order valence-corrected chi connectivity index (χ3v) is 2.29. The zero-order valence-corrected chi connectivity index (χ0v) is 9.50. The van der Waals surface area contributed by atoms with Crippen molar-refractivity contribution < 1.29 is 9.18 Å². The Kier molecular flexibility index (Phi) is 5.02. The molecule has 1 aromatic rings. The molecule has 1 rings (SSSR count). The molecule has 1 amide bonds. The summed E-state index contributed by atoms with van der Waals surface area (Å²) in [6.07, 6.45) is 7.45. The molecule has 0 atom stereocenters. The molecule has 1 aromatic carbocycles. The van der Waals surface area contributed by atoms with Gasteiger partial charge in [-0.25, -0.2) is 4.39 Å². The number of anilines is 1. The van der Waals surface area contributed by atoms with Crippen LogP contribution in [0.2, 0.25) is 0 Å². The first-order valence-corrected chi connectivity index (χ1v) is 5.42. The normalized spacial score (nSPS) is 9.65. The molecule has 0 radical (unpaired) electrons. The van der Waals surface area contributed by atoms with Gasteiger partial charge in [0.05, 0.1) is 5.56 Å². The van der Waals surface area contributed by atoms with Gasteiger partial charge in [-0.15, -0.1) is 12.3 Å². The molecule has 0 heterocycles. The van der Waals surface area contributed by atoms with Crippen molar-refractivity contribution in [3.05, 3.63) is 29.6 Å². The largest absolute Gasteiger partial charge is 0.398 e. The molecule has 0 saturated carbocycles. The quantitative estimate of drug-likeness (QED) is 0.464. The van der Waals surface area contributed by atoms with Gasteiger partial charge in [-0.2, -0.15) is 0 Å². The van der Waals surface area contributed by atoms with Crippen molar-refractivity contribution in [1.29, 1.82) is 0 Å². The fourth-order valence-corrected chi connectivity index (χ4v) is 1.37. The third-order valence-electron chi connectivity index (χ3n) is 2.29. The first-order chi connectivity index (χ1) is 8.15. The minimum Gasteiger partial charge on any atom is -0.398 e. The summed E-state index contributed by atoms with van der Waals surface area (Å²) >= 11 is 0. The fourth-order valence-electron chi connectivity index (χ4n) is 1.37. The molecule has 0 bridgehead atoms. The number of hydrogen-bond acceptors (Lipinski definition) is 2. The van der Waals surface area contributed by atoms with Crippen LogP contribution in [0.5, 0.6) is 0 Å². The van der Waals surface area contributed by atoms with Gasteiger partial charge >= 0.3 is 0 Å². The molecule has 0 aromatic heterocycles. The van der Waals surface area contributed by atoms with Gasteiger partial charge in [0.2, 0.25) is 0 Å². The van der Waals surface area contributed by atoms with Gasteiger partial charge in [-0.3, -0.25) is 4.79 Å². The number of hydrogen-bond donors (Lipinski definition) is 2. The van der Waals surface area contributed by atoms with E-state index in [0.29, 0.717) is 13.0 Å². The lowest BCUT2D eigenvalue weighted by molar-refractivity contribution is 0.0953. The Morgan fingerprint density at radius 2 is 2.24 bits per heavy atom. The number of halogens is 1. The van der Waals surface area contributed by atoms with Crippen LogP contribution in [0.25, 0.3) is 0 Å². The van der Waals surface area contributed by atoms with Crippen molar-refractivity contribution in [1.82, 2.24) is 5.32 Å². The second-order valence-corrected chi connectivity index (χ2v) is 3.65. The summed E-state index contributed by atoms with van der Waals surface area (Å²) in [5.41, 5.74) is 6.03. The van der Waals surface area contributed by atoms with Gasteiger partial charge in [0.1, 0.15) is 5.82 Å². The van der Waals surface area contributed by atoms with E-state index >= 15 is 0 Å². The maximum atomic E-state index is 12.9. The van der Waals surface area contributed by atoms with Gasteiger partial charge in [0.15, 0.2) is 0 Å².